The van der Waals surface area contributed by atoms with Crippen molar-refractivity contribution in [2.24, 2.45) is 0 Å². The van der Waals surface area contributed by atoms with Gasteiger partial charge in [-0.3, -0.25) is 4.79 Å². The number of rotatable bonds is 5. The van der Waals surface area contributed by atoms with E-state index in [1.165, 1.54) is 4.88 Å². The van der Waals surface area contributed by atoms with Crippen LogP contribution in [0, 0.1) is 0 Å². The van der Waals surface area contributed by atoms with Crippen LogP contribution in [0.25, 0.3) is 0 Å². The van der Waals surface area contributed by atoms with E-state index in [9.17, 15) is 4.79 Å². The Morgan fingerprint density at radius 2 is 2.08 bits per heavy atom. The highest BCUT2D eigenvalue weighted by Crippen LogP contribution is 2.36. The monoisotopic (exact) mass is 361 g/mol. The van der Waals surface area contributed by atoms with Crippen molar-refractivity contribution in [2.45, 2.75) is 25.0 Å². The molecule has 1 atom stereocenters. The molecular weight excluding hydrogens is 338 g/mol. The normalized spacial score (nSPS) is 18.2. The maximum atomic E-state index is 12.6. The number of ether oxygens (including phenoxy) is 1. The van der Waals surface area contributed by atoms with Gasteiger partial charge >= 0.3 is 0 Å². The highest BCUT2D eigenvalue weighted by Gasteiger charge is 2.22. The minimum absolute atomic E-state index is 0.228. The standard InChI is InChI=1S/C19H23NO2S2/c1-2-22-16-7-5-15(6-8-16)14-19(21)20-10-9-18(24-13-11-20)17-4-3-12-23-17/h3-8,12,18H,2,9-11,13-14H2,1H3. The second-order valence-electron chi connectivity index (χ2n) is 5.80. The van der Waals surface area contributed by atoms with Gasteiger partial charge in [0.2, 0.25) is 5.91 Å². The van der Waals surface area contributed by atoms with E-state index in [0.29, 0.717) is 18.3 Å². The third-order valence-corrected chi connectivity index (χ3v) is 6.59. The Kier molecular flexibility index (Phi) is 6.21. The number of carbonyl (C=O) groups excluding carboxylic acids is 1. The molecule has 1 amide bonds. The highest BCUT2D eigenvalue weighted by molar-refractivity contribution is 7.99. The van der Waals surface area contributed by atoms with E-state index < -0.39 is 0 Å². The predicted octanol–water partition coefficient (Wildman–Crippen LogP) is 4.40. The molecule has 3 rings (SSSR count). The number of amides is 1. The lowest BCUT2D eigenvalue weighted by Gasteiger charge is -2.20. The molecule has 0 N–H and O–H groups in total. The molecule has 1 aliphatic heterocycles. The van der Waals surface area contributed by atoms with Gasteiger partial charge in [0.05, 0.1) is 13.0 Å². The summed E-state index contributed by atoms with van der Waals surface area (Å²) < 4.78 is 5.45. The number of thiophene rings is 1. The molecule has 5 heteroatoms. The number of carbonyl (C=O) groups is 1. The van der Waals surface area contributed by atoms with Gasteiger partial charge in [0.25, 0.3) is 0 Å². The first-order valence-electron chi connectivity index (χ1n) is 8.41. The van der Waals surface area contributed by atoms with E-state index >= 15 is 0 Å². The molecule has 3 nitrogen and oxygen atoms in total. The Labute approximate surface area is 152 Å². The minimum Gasteiger partial charge on any atom is -0.494 e. The van der Waals surface area contributed by atoms with Gasteiger partial charge in [0, 0.05) is 29.0 Å². The lowest BCUT2D eigenvalue weighted by molar-refractivity contribution is -0.130. The van der Waals surface area contributed by atoms with Crippen molar-refractivity contribution < 1.29 is 9.53 Å². The van der Waals surface area contributed by atoms with E-state index in [1.807, 2.05) is 59.2 Å². The Balaban J connectivity index is 1.55. The van der Waals surface area contributed by atoms with Gasteiger partial charge < -0.3 is 9.64 Å². The number of hydrogen-bond donors (Lipinski definition) is 0. The van der Waals surface area contributed by atoms with Gasteiger partial charge in [-0.15, -0.1) is 11.3 Å². The van der Waals surface area contributed by atoms with Crippen LogP contribution in [0.3, 0.4) is 0 Å². The van der Waals surface area contributed by atoms with Gasteiger partial charge in [0.15, 0.2) is 0 Å². The van der Waals surface area contributed by atoms with Crippen LogP contribution >= 0.6 is 23.1 Å². The largest absolute Gasteiger partial charge is 0.494 e. The Hall–Kier alpha value is -1.46. The third-order valence-electron chi connectivity index (χ3n) is 4.14. The molecule has 1 unspecified atom stereocenters. The van der Waals surface area contributed by atoms with Crippen LogP contribution in [0.2, 0.25) is 0 Å². The van der Waals surface area contributed by atoms with Gasteiger partial charge in [-0.2, -0.15) is 11.8 Å². The number of thioether (sulfide) groups is 1. The molecule has 0 radical (unpaired) electrons. The second kappa shape index (κ2) is 8.58. The molecule has 0 bridgehead atoms. The molecule has 1 fully saturated rings. The Morgan fingerprint density at radius 1 is 1.25 bits per heavy atom. The molecule has 1 aliphatic rings. The van der Waals surface area contributed by atoms with E-state index in [2.05, 4.69) is 17.5 Å². The summed E-state index contributed by atoms with van der Waals surface area (Å²) in [6, 6.07) is 12.2. The molecule has 0 aliphatic carbocycles. The lowest BCUT2D eigenvalue weighted by atomic mass is 10.1. The summed E-state index contributed by atoms with van der Waals surface area (Å²) in [7, 11) is 0. The summed E-state index contributed by atoms with van der Waals surface area (Å²) in [5.74, 6) is 2.10. The van der Waals surface area contributed by atoms with Crippen molar-refractivity contribution in [3.63, 3.8) is 0 Å². The zero-order valence-corrected chi connectivity index (χ0v) is 15.6. The van der Waals surface area contributed by atoms with Crippen LogP contribution < -0.4 is 4.74 Å². The van der Waals surface area contributed by atoms with Crippen LogP contribution in [0.5, 0.6) is 5.75 Å². The minimum atomic E-state index is 0.228. The van der Waals surface area contributed by atoms with Crippen molar-refractivity contribution in [3.05, 3.63) is 52.2 Å². The summed E-state index contributed by atoms with van der Waals surface area (Å²) in [4.78, 5) is 16.1. The van der Waals surface area contributed by atoms with E-state index in [-0.39, 0.29) is 5.91 Å². The van der Waals surface area contributed by atoms with Crippen LogP contribution in [0.1, 0.15) is 29.0 Å². The molecule has 1 aromatic carbocycles. The van der Waals surface area contributed by atoms with E-state index in [0.717, 1.165) is 36.6 Å². The van der Waals surface area contributed by atoms with Crippen molar-refractivity contribution in [1.29, 1.82) is 0 Å². The van der Waals surface area contributed by atoms with E-state index in [1.54, 1.807) is 0 Å². The summed E-state index contributed by atoms with van der Waals surface area (Å²) in [5, 5.41) is 2.67. The van der Waals surface area contributed by atoms with Crippen molar-refractivity contribution >= 4 is 29.0 Å². The molecule has 2 aromatic rings. The SMILES string of the molecule is CCOc1ccc(CC(=O)N2CCSC(c3cccs3)CC2)cc1. The number of benzene rings is 1. The fourth-order valence-corrected chi connectivity index (χ4v) is 5.12. The quantitative estimate of drug-likeness (QED) is 0.791. The molecule has 128 valence electrons. The Bertz CT molecular complexity index is 640. The van der Waals surface area contributed by atoms with Crippen LogP contribution in [0.15, 0.2) is 41.8 Å². The molecule has 24 heavy (non-hydrogen) atoms. The van der Waals surface area contributed by atoms with Crippen molar-refractivity contribution in [1.82, 2.24) is 4.90 Å². The molecule has 1 aromatic heterocycles. The van der Waals surface area contributed by atoms with Crippen LogP contribution in [0.4, 0.5) is 0 Å². The fraction of sp³-hybridized carbons (Fsp3) is 0.421. The summed E-state index contributed by atoms with van der Waals surface area (Å²) >= 11 is 3.80. The first-order chi connectivity index (χ1) is 11.8. The average molecular weight is 362 g/mol. The first-order valence-corrected chi connectivity index (χ1v) is 10.3. The number of hydrogen-bond acceptors (Lipinski definition) is 4. The topological polar surface area (TPSA) is 29.5 Å². The molecular formula is C19H23NO2S2. The predicted molar refractivity (Wildman–Crippen MR) is 102 cm³/mol. The van der Waals surface area contributed by atoms with Gasteiger partial charge in [-0.25, -0.2) is 0 Å². The van der Waals surface area contributed by atoms with Crippen LogP contribution in [-0.4, -0.2) is 36.3 Å². The average Bonchev–Trinajstić information content (AvgIpc) is 3.01. The zero-order chi connectivity index (χ0) is 16.8. The highest BCUT2D eigenvalue weighted by atomic mass is 32.2. The number of nitrogens with zero attached hydrogens (tertiary/aromatic N) is 1. The smallest absolute Gasteiger partial charge is 0.227 e. The zero-order valence-electron chi connectivity index (χ0n) is 13.9. The van der Waals surface area contributed by atoms with Gasteiger partial charge in [-0.05, 0) is 42.5 Å². The van der Waals surface area contributed by atoms with Crippen molar-refractivity contribution in [3.8, 4) is 5.75 Å². The fourth-order valence-electron chi connectivity index (χ4n) is 2.88. The maximum Gasteiger partial charge on any atom is 0.227 e. The summed E-state index contributed by atoms with van der Waals surface area (Å²) in [6.07, 6.45) is 1.51. The Morgan fingerprint density at radius 3 is 2.79 bits per heavy atom. The van der Waals surface area contributed by atoms with E-state index in [4.69, 9.17) is 4.74 Å². The van der Waals surface area contributed by atoms with Gasteiger partial charge in [-0.1, -0.05) is 18.2 Å². The molecule has 0 saturated carbocycles. The summed E-state index contributed by atoms with van der Waals surface area (Å²) in [6.45, 7) is 4.33. The van der Waals surface area contributed by atoms with Crippen molar-refractivity contribution in [2.75, 3.05) is 25.4 Å². The first kappa shape index (κ1) is 17.4. The molecule has 1 saturated heterocycles. The second-order valence-corrected chi connectivity index (χ2v) is 8.09. The molecule has 0 spiro atoms. The van der Waals surface area contributed by atoms with Gasteiger partial charge in [0.1, 0.15) is 5.75 Å². The molecule has 2 heterocycles. The summed E-state index contributed by atoms with van der Waals surface area (Å²) in [5.41, 5.74) is 1.05. The third kappa shape index (κ3) is 4.54. The maximum absolute atomic E-state index is 12.6. The lowest BCUT2D eigenvalue weighted by Crippen LogP contribution is -2.34. The van der Waals surface area contributed by atoms with Crippen LogP contribution in [-0.2, 0) is 11.2 Å².